The molecule has 1 amide bonds. The number of nitrogens with zero attached hydrogens (tertiary/aromatic N) is 3. The number of nitrogens with one attached hydrogen (secondary N) is 1. The normalized spacial score (nSPS) is 23.9. The van der Waals surface area contributed by atoms with Crippen LogP contribution in [0.3, 0.4) is 0 Å². The van der Waals surface area contributed by atoms with Gasteiger partial charge in [-0.25, -0.2) is 4.98 Å². The van der Waals surface area contributed by atoms with Crippen molar-refractivity contribution in [3.8, 4) is 11.3 Å². The average molecular weight is 591 g/mol. The second-order valence-corrected chi connectivity index (χ2v) is 12.7. The summed E-state index contributed by atoms with van der Waals surface area (Å²) in [6.07, 6.45) is 7.82. The minimum atomic E-state index is -1.05. The minimum Gasteiger partial charge on any atom is -0.385 e. The van der Waals surface area contributed by atoms with Crippen molar-refractivity contribution in [3.05, 3.63) is 114 Å². The summed E-state index contributed by atoms with van der Waals surface area (Å²) in [5.74, 6) is -0.0515. The molecule has 1 aromatic heterocycles. The molecule has 7 heteroatoms. The van der Waals surface area contributed by atoms with Gasteiger partial charge in [0, 0.05) is 31.2 Å². The van der Waals surface area contributed by atoms with Crippen LogP contribution < -0.4 is 5.32 Å². The van der Waals surface area contributed by atoms with Crippen molar-refractivity contribution in [3.63, 3.8) is 0 Å². The zero-order chi connectivity index (χ0) is 29.9. The van der Waals surface area contributed by atoms with Crippen LogP contribution in [0.1, 0.15) is 58.9 Å². The Kier molecular flexibility index (Phi) is 8.35. The SMILES string of the molecule is O=C(c1ncn([C@H]2CCCC[C@]2(O)COC2Cc3ccccc3C2)c1-c1ccccc1)N1CCNC[C@H]1Cc1ccccc1. The summed E-state index contributed by atoms with van der Waals surface area (Å²) < 4.78 is 8.57. The lowest BCUT2D eigenvalue weighted by atomic mass is 9.80. The number of rotatable bonds is 8. The summed E-state index contributed by atoms with van der Waals surface area (Å²) in [7, 11) is 0. The molecule has 0 unspecified atom stereocenters. The molecule has 228 valence electrons. The van der Waals surface area contributed by atoms with Gasteiger partial charge in [-0.05, 0) is 48.8 Å². The number of amides is 1. The number of carbonyl (C=O) groups is 1. The Balaban J connectivity index is 1.18. The van der Waals surface area contributed by atoms with Crippen molar-refractivity contribution in [1.82, 2.24) is 19.8 Å². The Morgan fingerprint density at radius 1 is 0.955 bits per heavy atom. The molecule has 3 aromatic carbocycles. The predicted octanol–water partition coefficient (Wildman–Crippen LogP) is 5.24. The maximum Gasteiger partial charge on any atom is 0.275 e. The average Bonchev–Trinajstić information content (AvgIpc) is 3.70. The van der Waals surface area contributed by atoms with Gasteiger partial charge in [-0.3, -0.25) is 4.79 Å². The second-order valence-electron chi connectivity index (χ2n) is 12.7. The molecule has 0 bridgehead atoms. The number of piperazine rings is 1. The number of ether oxygens (including phenoxy) is 1. The summed E-state index contributed by atoms with van der Waals surface area (Å²) in [4.78, 5) is 21.2. The smallest absolute Gasteiger partial charge is 0.275 e. The van der Waals surface area contributed by atoms with Crippen LogP contribution in [0.4, 0.5) is 0 Å². The number of imidazole rings is 1. The molecule has 1 saturated carbocycles. The Bertz CT molecular complexity index is 1550. The zero-order valence-corrected chi connectivity index (χ0v) is 25.3. The Hall–Kier alpha value is -3.78. The van der Waals surface area contributed by atoms with Crippen LogP contribution in [0, 0.1) is 0 Å². The van der Waals surface area contributed by atoms with E-state index in [-0.39, 0.29) is 30.7 Å². The van der Waals surface area contributed by atoms with Crippen molar-refractivity contribution in [1.29, 1.82) is 0 Å². The van der Waals surface area contributed by atoms with Crippen LogP contribution in [0.2, 0.25) is 0 Å². The van der Waals surface area contributed by atoms with Gasteiger partial charge in [0.2, 0.25) is 0 Å². The van der Waals surface area contributed by atoms with Crippen molar-refractivity contribution in [2.24, 2.45) is 0 Å². The fourth-order valence-electron chi connectivity index (χ4n) is 7.54. The molecule has 1 aliphatic heterocycles. The van der Waals surface area contributed by atoms with Gasteiger partial charge >= 0.3 is 0 Å². The summed E-state index contributed by atoms with van der Waals surface area (Å²) >= 11 is 0. The number of carbonyl (C=O) groups excluding carboxylic acids is 1. The molecule has 2 N–H and O–H groups in total. The van der Waals surface area contributed by atoms with E-state index in [1.54, 1.807) is 6.33 Å². The third kappa shape index (κ3) is 5.84. The van der Waals surface area contributed by atoms with E-state index in [1.165, 1.54) is 16.7 Å². The fraction of sp³-hybridized carbons (Fsp3) is 0.405. The van der Waals surface area contributed by atoms with E-state index in [0.717, 1.165) is 62.9 Å². The van der Waals surface area contributed by atoms with Crippen LogP contribution in [0.5, 0.6) is 0 Å². The van der Waals surface area contributed by atoms with Crippen LogP contribution in [-0.4, -0.2) is 69.5 Å². The molecule has 2 heterocycles. The number of aromatic nitrogens is 2. The Morgan fingerprint density at radius 3 is 2.41 bits per heavy atom. The first kappa shape index (κ1) is 29.0. The Morgan fingerprint density at radius 2 is 1.66 bits per heavy atom. The maximum atomic E-state index is 14.4. The second kappa shape index (κ2) is 12.7. The molecule has 3 atom stereocenters. The number of aliphatic hydroxyl groups is 1. The van der Waals surface area contributed by atoms with E-state index >= 15 is 0 Å². The van der Waals surface area contributed by atoms with Gasteiger partial charge in [0.25, 0.3) is 5.91 Å². The van der Waals surface area contributed by atoms with E-state index in [2.05, 4.69) is 46.3 Å². The van der Waals surface area contributed by atoms with Crippen LogP contribution in [-0.2, 0) is 24.0 Å². The molecule has 0 spiro atoms. The summed E-state index contributed by atoms with van der Waals surface area (Å²) in [5, 5.41) is 15.7. The van der Waals surface area contributed by atoms with Crippen molar-refractivity contribution < 1.29 is 14.6 Å². The van der Waals surface area contributed by atoms with E-state index in [0.29, 0.717) is 18.7 Å². The topological polar surface area (TPSA) is 79.6 Å². The van der Waals surface area contributed by atoms with E-state index < -0.39 is 5.60 Å². The first-order valence-electron chi connectivity index (χ1n) is 16.2. The van der Waals surface area contributed by atoms with Crippen LogP contribution in [0.15, 0.2) is 91.3 Å². The zero-order valence-electron chi connectivity index (χ0n) is 25.3. The highest BCUT2D eigenvalue weighted by atomic mass is 16.5. The molecular formula is C37H42N4O3. The van der Waals surface area contributed by atoms with Crippen molar-refractivity contribution in [2.45, 2.75) is 68.7 Å². The van der Waals surface area contributed by atoms with E-state index in [1.807, 2.05) is 53.4 Å². The lowest BCUT2D eigenvalue weighted by Gasteiger charge is -2.41. The summed E-state index contributed by atoms with van der Waals surface area (Å²) in [5.41, 5.74) is 5.01. The Labute approximate surface area is 259 Å². The molecule has 1 saturated heterocycles. The molecule has 44 heavy (non-hydrogen) atoms. The van der Waals surface area contributed by atoms with E-state index in [9.17, 15) is 9.90 Å². The van der Waals surface area contributed by atoms with Gasteiger partial charge in [-0.15, -0.1) is 0 Å². The van der Waals surface area contributed by atoms with E-state index in [4.69, 9.17) is 9.72 Å². The minimum absolute atomic E-state index is 0.0305. The highest BCUT2D eigenvalue weighted by Gasteiger charge is 2.43. The quantitative estimate of drug-likeness (QED) is 0.294. The van der Waals surface area contributed by atoms with Crippen LogP contribution in [0.25, 0.3) is 11.3 Å². The monoisotopic (exact) mass is 590 g/mol. The molecule has 2 fully saturated rings. The molecule has 0 radical (unpaired) electrons. The van der Waals surface area contributed by atoms with Gasteiger partial charge in [-0.1, -0.05) is 97.8 Å². The van der Waals surface area contributed by atoms with Gasteiger partial charge in [-0.2, -0.15) is 0 Å². The summed E-state index contributed by atoms with van der Waals surface area (Å²) in [6, 6.07) is 28.7. The lowest BCUT2D eigenvalue weighted by molar-refractivity contribution is -0.115. The van der Waals surface area contributed by atoms with Gasteiger partial charge < -0.3 is 24.6 Å². The number of hydrogen-bond donors (Lipinski definition) is 2. The summed E-state index contributed by atoms with van der Waals surface area (Å²) in [6.45, 7) is 2.39. The highest BCUT2D eigenvalue weighted by molar-refractivity contribution is 5.98. The molecule has 7 rings (SSSR count). The highest BCUT2D eigenvalue weighted by Crippen LogP contribution is 2.42. The molecule has 3 aliphatic rings. The number of hydrogen-bond acceptors (Lipinski definition) is 5. The number of benzene rings is 3. The van der Waals surface area contributed by atoms with Crippen molar-refractivity contribution >= 4 is 5.91 Å². The van der Waals surface area contributed by atoms with Crippen molar-refractivity contribution in [2.75, 3.05) is 26.2 Å². The van der Waals surface area contributed by atoms with Crippen LogP contribution >= 0.6 is 0 Å². The molecule has 4 aromatic rings. The predicted molar refractivity (Wildman–Crippen MR) is 172 cm³/mol. The maximum absolute atomic E-state index is 14.4. The molecule has 2 aliphatic carbocycles. The molecule has 7 nitrogen and oxygen atoms in total. The number of fused-ring (bicyclic) bond motifs is 1. The standard InChI is InChI=1S/C37H42N4O3/c42-36(40-20-19-38-24-31(40)21-27-11-3-1-4-12-27)34-35(28-13-5-2-6-14-28)41(26-39-34)33-17-9-10-18-37(33,43)25-44-32-22-29-15-7-8-16-30(29)23-32/h1-8,11-16,26,31-33,38,43H,9-10,17-25H2/t31-,33+,37+/m1/s1. The lowest BCUT2D eigenvalue weighted by Crippen LogP contribution is -2.54. The van der Waals surface area contributed by atoms with Gasteiger partial charge in [0.05, 0.1) is 30.8 Å². The third-order valence-electron chi connectivity index (χ3n) is 9.84. The first-order valence-corrected chi connectivity index (χ1v) is 16.2. The fourth-order valence-corrected chi connectivity index (χ4v) is 7.54. The van der Waals surface area contributed by atoms with Gasteiger partial charge in [0.1, 0.15) is 5.60 Å². The largest absolute Gasteiger partial charge is 0.385 e. The van der Waals surface area contributed by atoms with Gasteiger partial charge in [0.15, 0.2) is 5.69 Å². The molecular weight excluding hydrogens is 548 g/mol. The third-order valence-corrected chi connectivity index (χ3v) is 9.84. The first-order chi connectivity index (χ1) is 21.6.